The highest BCUT2D eigenvalue weighted by atomic mass is 14.3. The summed E-state index contributed by atoms with van der Waals surface area (Å²) >= 11 is 0. The van der Waals surface area contributed by atoms with Crippen LogP contribution in [0.2, 0.25) is 0 Å². The van der Waals surface area contributed by atoms with E-state index in [2.05, 4.69) is 39.8 Å². The van der Waals surface area contributed by atoms with Crippen LogP contribution in [-0.4, -0.2) is 0 Å². The Morgan fingerprint density at radius 2 is 1.10 bits per heavy atom. The fourth-order valence-corrected chi connectivity index (χ4v) is 1.70. The average Bonchev–Trinajstić information content (AvgIpc) is 1.56. The molecule has 0 radical (unpaired) electrons. The van der Waals surface area contributed by atoms with Gasteiger partial charge < -0.3 is 0 Å². The lowest BCUT2D eigenvalue weighted by Crippen LogP contribution is -2.27. The topological polar surface area (TPSA) is 0 Å². The Morgan fingerprint density at radius 1 is 0.800 bits per heavy atom. The highest BCUT2D eigenvalue weighted by molar-refractivity contribution is 5.10. The molecule has 0 heterocycles. The van der Waals surface area contributed by atoms with Crippen molar-refractivity contribution in [3.8, 4) is 0 Å². The molecule has 0 aromatic carbocycles. The van der Waals surface area contributed by atoms with Gasteiger partial charge in [-0.25, -0.2) is 0 Å². The van der Waals surface area contributed by atoms with E-state index >= 15 is 0 Å². The lowest BCUT2D eigenvalue weighted by Gasteiger charge is -2.35. The standard InChI is InChI=1S/C10H18/c1-7(2)9-5-6-10(9)8(3)4/h5-10H,1-4H3. The van der Waals surface area contributed by atoms with Crippen LogP contribution in [0.15, 0.2) is 12.2 Å². The maximum atomic E-state index is 2.36. The molecule has 0 amide bonds. The fraction of sp³-hybridized carbons (Fsp3) is 0.800. The summed E-state index contributed by atoms with van der Waals surface area (Å²) in [5.74, 6) is 3.38. The molecule has 58 valence electrons. The first-order valence-electron chi connectivity index (χ1n) is 4.31. The van der Waals surface area contributed by atoms with E-state index in [9.17, 15) is 0 Å². The van der Waals surface area contributed by atoms with Gasteiger partial charge in [-0.05, 0) is 23.7 Å². The first kappa shape index (κ1) is 7.84. The molecule has 0 saturated carbocycles. The average molecular weight is 138 g/mol. The monoisotopic (exact) mass is 138 g/mol. The van der Waals surface area contributed by atoms with Crippen molar-refractivity contribution in [2.24, 2.45) is 23.7 Å². The van der Waals surface area contributed by atoms with Gasteiger partial charge >= 0.3 is 0 Å². The SMILES string of the molecule is CC(C)C1C=CC1C(C)C. The molecule has 0 aromatic rings. The smallest absolute Gasteiger partial charge is 0.0145 e. The maximum Gasteiger partial charge on any atom is -0.0145 e. The molecule has 1 rings (SSSR count). The molecular formula is C10H18. The van der Waals surface area contributed by atoms with Gasteiger partial charge in [0.25, 0.3) is 0 Å². The van der Waals surface area contributed by atoms with Gasteiger partial charge in [0.05, 0.1) is 0 Å². The summed E-state index contributed by atoms with van der Waals surface area (Å²) in [6.45, 7) is 9.24. The summed E-state index contributed by atoms with van der Waals surface area (Å²) in [5.41, 5.74) is 0. The van der Waals surface area contributed by atoms with Crippen molar-refractivity contribution in [3.63, 3.8) is 0 Å². The molecule has 2 unspecified atom stereocenters. The van der Waals surface area contributed by atoms with Gasteiger partial charge in [-0.15, -0.1) is 0 Å². The van der Waals surface area contributed by atoms with Crippen LogP contribution in [0.3, 0.4) is 0 Å². The van der Waals surface area contributed by atoms with Crippen molar-refractivity contribution in [1.82, 2.24) is 0 Å². The molecule has 10 heavy (non-hydrogen) atoms. The van der Waals surface area contributed by atoms with Crippen LogP contribution in [0.25, 0.3) is 0 Å². The van der Waals surface area contributed by atoms with E-state index in [1.165, 1.54) is 0 Å². The summed E-state index contributed by atoms with van der Waals surface area (Å²) in [6.07, 6.45) is 4.71. The third-order valence-corrected chi connectivity index (χ3v) is 2.54. The Labute approximate surface area is 64.3 Å². The molecule has 0 aromatic heterocycles. The van der Waals surface area contributed by atoms with Crippen LogP contribution < -0.4 is 0 Å². The molecule has 0 aliphatic heterocycles. The van der Waals surface area contributed by atoms with Crippen LogP contribution in [0.5, 0.6) is 0 Å². The summed E-state index contributed by atoms with van der Waals surface area (Å²) in [4.78, 5) is 0. The van der Waals surface area contributed by atoms with E-state index in [-0.39, 0.29) is 0 Å². The lowest BCUT2D eigenvalue weighted by molar-refractivity contribution is 0.261. The van der Waals surface area contributed by atoms with Crippen LogP contribution in [-0.2, 0) is 0 Å². The van der Waals surface area contributed by atoms with E-state index < -0.39 is 0 Å². The Bertz CT molecular complexity index is 115. The first-order chi connectivity index (χ1) is 4.63. The highest BCUT2D eigenvalue weighted by Crippen LogP contribution is 2.36. The van der Waals surface area contributed by atoms with Crippen molar-refractivity contribution in [2.45, 2.75) is 27.7 Å². The van der Waals surface area contributed by atoms with Crippen LogP contribution in [0, 0.1) is 23.7 Å². The molecule has 1 aliphatic rings. The summed E-state index contributed by atoms with van der Waals surface area (Å²) < 4.78 is 0. The quantitative estimate of drug-likeness (QED) is 0.514. The Balaban J connectivity index is 2.46. The normalized spacial score (nSPS) is 31.4. The number of hydrogen-bond acceptors (Lipinski definition) is 0. The van der Waals surface area contributed by atoms with Gasteiger partial charge in [0.15, 0.2) is 0 Å². The molecule has 1 aliphatic carbocycles. The van der Waals surface area contributed by atoms with Gasteiger partial charge in [-0.2, -0.15) is 0 Å². The van der Waals surface area contributed by atoms with Crippen molar-refractivity contribution in [1.29, 1.82) is 0 Å². The van der Waals surface area contributed by atoms with E-state index in [1.807, 2.05) is 0 Å². The van der Waals surface area contributed by atoms with Gasteiger partial charge in [0, 0.05) is 0 Å². The van der Waals surface area contributed by atoms with E-state index in [0.29, 0.717) is 0 Å². The van der Waals surface area contributed by atoms with E-state index in [1.54, 1.807) is 0 Å². The summed E-state index contributed by atoms with van der Waals surface area (Å²) in [6, 6.07) is 0. The van der Waals surface area contributed by atoms with Crippen LogP contribution in [0.1, 0.15) is 27.7 Å². The highest BCUT2D eigenvalue weighted by Gasteiger charge is 2.28. The second-order valence-electron chi connectivity index (χ2n) is 4.03. The maximum absolute atomic E-state index is 2.36. The van der Waals surface area contributed by atoms with Gasteiger partial charge in [0.2, 0.25) is 0 Å². The number of hydrogen-bond donors (Lipinski definition) is 0. The van der Waals surface area contributed by atoms with Crippen molar-refractivity contribution in [2.75, 3.05) is 0 Å². The zero-order chi connectivity index (χ0) is 7.72. The van der Waals surface area contributed by atoms with Gasteiger partial charge in [-0.3, -0.25) is 0 Å². The second-order valence-corrected chi connectivity index (χ2v) is 4.03. The van der Waals surface area contributed by atoms with Crippen LogP contribution in [0.4, 0.5) is 0 Å². The van der Waals surface area contributed by atoms with Gasteiger partial charge in [-0.1, -0.05) is 39.8 Å². The Kier molecular flexibility index (Phi) is 2.18. The zero-order valence-electron chi connectivity index (χ0n) is 7.46. The molecule has 2 atom stereocenters. The van der Waals surface area contributed by atoms with Crippen LogP contribution >= 0.6 is 0 Å². The molecule has 0 fully saturated rings. The summed E-state index contributed by atoms with van der Waals surface area (Å²) in [7, 11) is 0. The third kappa shape index (κ3) is 1.25. The van der Waals surface area contributed by atoms with Crippen molar-refractivity contribution in [3.05, 3.63) is 12.2 Å². The molecule has 0 N–H and O–H groups in total. The van der Waals surface area contributed by atoms with Crippen molar-refractivity contribution < 1.29 is 0 Å². The predicted molar refractivity (Wildman–Crippen MR) is 45.8 cm³/mol. The van der Waals surface area contributed by atoms with Crippen molar-refractivity contribution >= 4 is 0 Å². The minimum atomic E-state index is 0.831. The molecule has 0 nitrogen and oxygen atoms in total. The third-order valence-electron chi connectivity index (χ3n) is 2.54. The number of allylic oxidation sites excluding steroid dienone is 2. The molecule has 0 heteroatoms. The lowest BCUT2D eigenvalue weighted by atomic mass is 9.70. The Hall–Kier alpha value is -0.260. The molecule has 0 spiro atoms. The Morgan fingerprint density at radius 3 is 1.20 bits per heavy atom. The number of rotatable bonds is 2. The fourth-order valence-electron chi connectivity index (χ4n) is 1.70. The largest absolute Gasteiger partial charge is 0.0843 e. The summed E-state index contributed by atoms with van der Waals surface area (Å²) in [5, 5.41) is 0. The molecule has 0 bridgehead atoms. The van der Waals surface area contributed by atoms with E-state index in [0.717, 1.165) is 23.7 Å². The minimum absolute atomic E-state index is 0.831. The minimum Gasteiger partial charge on any atom is -0.0843 e. The van der Waals surface area contributed by atoms with E-state index in [4.69, 9.17) is 0 Å². The molecule has 0 saturated heterocycles. The zero-order valence-corrected chi connectivity index (χ0v) is 7.46. The first-order valence-corrected chi connectivity index (χ1v) is 4.31. The van der Waals surface area contributed by atoms with Gasteiger partial charge in [0.1, 0.15) is 0 Å². The molecular weight excluding hydrogens is 120 g/mol. The second kappa shape index (κ2) is 2.77. The predicted octanol–water partition coefficient (Wildman–Crippen LogP) is 3.10.